The summed E-state index contributed by atoms with van der Waals surface area (Å²) in [5.41, 5.74) is 0.968. The molecule has 0 N–H and O–H groups in total. The summed E-state index contributed by atoms with van der Waals surface area (Å²) in [4.78, 5) is 3.42. The number of alkyl halides is 3. The molecule has 0 spiro atoms. The van der Waals surface area contributed by atoms with Crippen LogP contribution in [0, 0.1) is 11.0 Å². The SMILES string of the molecule is CC(C)n1ccc(C[C@H](c2ccc(-c3c(-n4cnnn4)ccc(Cl)c3F)c[n+]2[O-])n2cc(-c3ccnc(C(F)(F)F)c3)cn2)n1. The Morgan fingerprint density at radius 3 is 2.53 bits per heavy atom. The number of tetrazole rings is 1. The summed E-state index contributed by atoms with van der Waals surface area (Å²) < 4.78 is 60.5. The highest BCUT2D eigenvalue weighted by Gasteiger charge is 2.33. The zero-order chi connectivity index (χ0) is 31.9. The molecule has 0 saturated carbocycles. The van der Waals surface area contributed by atoms with Gasteiger partial charge in [0.2, 0.25) is 5.69 Å². The smallest absolute Gasteiger partial charge is 0.433 e. The topological polar surface area (TPSA) is 119 Å². The zero-order valence-corrected chi connectivity index (χ0v) is 24.4. The lowest BCUT2D eigenvalue weighted by Gasteiger charge is -2.18. The van der Waals surface area contributed by atoms with Gasteiger partial charge in [0.1, 0.15) is 18.1 Å². The normalized spacial score (nSPS) is 12.6. The third-order valence-corrected chi connectivity index (χ3v) is 7.43. The summed E-state index contributed by atoms with van der Waals surface area (Å²) >= 11 is 6.09. The summed E-state index contributed by atoms with van der Waals surface area (Å²) in [6.45, 7) is 3.95. The van der Waals surface area contributed by atoms with Gasteiger partial charge in [-0.05, 0) is 66.2 Å². The van der Waals surface area contributed by atoms with Gasteiger partial charge < -0.3 is 5.21 Å². The zero-order valence-electron chi connectivity index (χ0n) is 23.6. The molecule has 1 atom stereocenters. The van der Waals surface area contributed by atoms with E-state index in [-0.39, 0.29) is 45.6 Å². The minimum absolute atomic E-state index is 0.0118. The van der Waals surface area contributed by atoms with Crippen molar-refractivity contribution in [2.45, 2.75) is 38.5 Å². The van der Waals surface area contributed by atoms with Crippen molar-refractivity contribution in [1.82, 2.24) is 44.8 Å². The molecule has 0 aliphatic heterocycles. The van der Waals surface area contributed by atoms with E-state index in [0.29, 0.717) is 16.0 Å². The van der Waals surface area contributed by atoms with E-state index in [0.717, 1.165) is 12.3 Å². The molecule has 0 aliphatic rings. The Kier molecular flexibility index (Phi) is 7.78. The van der Waals surface area contributed by atoms with Crippen molar-refractivity contribution in [3.05, 3.63) is 113 Å². The monoisotopic (exact) mass is 638 g/mol. The Morgan fingerprint density at radius 1 is 1.02 bits per heavy atom. The van der Waals surface area contributed by atoms with E-state index in [2.05, 4.69) is 30.7 Å². The average Bonchev–Trinajstić information content (AvgIpc) is 3.80. The van der Waals surface area contributed by atoms with Crippen LogP contribution in [0.15, 0.2) is 79.8 Å². The quantitative estimate of drug-likeness (QED) is 0.120. The molecule has 0 amide bonds. The van der Waals surface area contributed by atoms with Crippen molar-refractivity contribution >= 4 is 11.6 Å². The van der Waals surface area contributed by atoms with Crippen molar-refractivity contribution in [1.29, 1.82) is 0 Å². The molecule has 0 radical (unpaired) electrons. The fraction of sp³-hybridized carbons (Fsp3) is 0.207. The van der Waals surface area contributed by atoms with Crippen LogP contribution in [-0.4, -0.2) is 44.8 Å². The molecule has 0 saturated heterocycles. The van der Waals surface area contributed by atoms with Gasteiger partial charge in [-0.25, -0.2) is 4.39 Å². The third kappa shape index (κ3) is 5.98. The van der Waals surface area contributed by atoms with Gasteiger partial charge in [-0.1, -0.05) is 11.6 Å². The van der Waals surface area contributed by atoms with Crippen LogP contribution < -0.4 is 4.73 Å². The molecule has 16 heteroatoms. The number of hydrogen-bond donors (Lipinski definition) is 0. The van der Waals surface area contributed by atoms with Crippen LogP contribution in [-0.2, 0) is 12.6 Å². The number of benzene rings is 1. The minimum Gasteiger partial charge on any atom is -0.618 e. The Hall–Kier alpha value is -5.18. The first-order valence-corrected chi connectivity index (χ1v) is 13.9. The molecule has 0 aliphatic carbocycles. The minimum atomic E-state index is -4.62. The van der Waals surface area contributed by atoms with Gasteiger partial charge in [0.25, 0.3) is 0 Å². The van der Waals surface area contributed by atoms with Crippen LogP contribution in [0.1, 0.15) is 43.0 Å². The summed E-state index contributed by atoms with van der Waals surface area (Å²) in [5, 5.41) is 33.6. The van der Waals surface area contributed by atoms with Crippen molar-refractivity contribution in [2.24, 2.45) is 0 Å². The number of rotatable bonds is 8. The predicted molar refractivity (Wildman–Crippen MR) is 153 cm³/mol. The second kappa shape index (κ2) is 11.7. The summed E-state index contributed by atoms with van der Waals surface area (Å²) in [7, 11) is 0. The van der Waals surface area contributed by atoms with Gasteiger partial charge in [-0.15, -0.1) is 5.10 Å². The van der Waals surface area contributed by atoms with Crippen molar-refractivity contribution in [3.63, 3.8) is 0 Å². The molecule has 230 valence electrons. The van der Waals surface area contributed by atoms with Crippen LogP contribution in [0.4, 0.5) is 17.6 Å². The maximum Gasteiger partial charge on any atom is 0.433 e. The lowest BCUT2D eigenvalue weighted by atomic mass is 10.0. The highest BCUT2D eigenvalue weighted by molar-refractivity contribution is 6.31. The molecule has 6 aromatic rings. The molecule has 45 heavy (non-hydrogen) atoms. The summed E-state index contributed by atoms with van der Waals surface area (Å²) in [5.74, 6) is -0.763. The van der Waals surface area contributed by atoms with Gasteiger partial charge in [-0.2, -0.15) is 32.8 Å². The molecule has 1 aromatic carbocycles. The third-order valence-electron chi connectivity index (χ3n) is 7.14. The van der Waals surface area contributed by atoms with Crippen LogP contribution in [0.5, 0.6) is 0 Å². The van der Waals surface area contributed by atoms with Crippen LogP contribution in [0.3, 0.4) is 0 Å². The second-order valence-corrected chi connectivity index (χ2v) is 10.8. The Balaban J connectivity index is 1.43. The van der Waals surface area contributed by atoms with Crippen molar-refractivity contribution in [2.75, 3.05) is 0 Å². The predicted octanol–water partition coefficient (Wildman–Crippen LogP) is 5.64. The maximum absolute atomic E-state index is 15.4. The maximum atomic E-state index is 15.4. The standard InChI is InChI=1S/C29H23ClF4N10O/c1-17(2)41-10-8-21(38-41)12-25(42-14-20(13-37-42)18-7-9-35-26(11-18)29(32,33)34)23-5-3-19(15-44(23)45)27-24(43-16-36-39-40-43)6-4-22(30)28(27)31/h3-11,13-17,25H,12H2,1-2H3/t25-/m1/s1. The number of halogens is 5. The molecular weight excluding hydrogens is 616 g/mol. The second-order valence-electron chi connectivity index (χ2n) is 10.4. The molecular formula is C29H23ClF4N10O. The number of nitrogens with zero attached hydrogens (tertiary/aromatic N) is 10. The van der Waals surface area contributed by atoms with Crippen LogP contribution in [0.2, 0.25) is 5.02 Å². The van der Waals surface area contributed by atoms with E-state index in [1.807, 2.05) is 26.1 Å². The van der Waals surface area contributed by atoms with E-state index in [1.165, 1.54) is 52.4 Å². The highest BCUT2D eigenvalue weighted by Crippen LogP contribution is 2.34. The molecule has 11 nitrogen and oxygen atoms in total. The van der Waals surface area contributed by atoms with Gasteiger partial charge in [-0.3, -0.25) is 14.3 Å². The highest BCUT2D eigenvalue weighted by atomic mass is 35.5. The first-order chi connectivity index (χ1) is 21.5. The van der Waals surface area contributed by atoms with Gasteiger partial charge in [0.05, 0.1) is 33.7 Å². The van der Waals surface area contributed by atoms with Gasteiger partial charge >= 0.3 is 6.18 Å². The number of hydrogen-bond acceptors (Lipinski definition) is 7. The summed E-state index contributed by atoms with van der Waals surface area (Å²) in [6.07, 6.45) is 3.96. The number of aromatic nitrogens is 10. The van der Waals surface area contributed by atoms with Crippen molar-refractivity contribution in [3.8, 4) is 27.9 Å². The molecule has 5 heterocycles. The first-order valence-electron chi connectivity index (χ1n) is 13.6. The first kappa shape index (κ1) is 29.9. The largest absolute Gasteiger partial charge is 0.618 e. The van der Waals surface area contributed by atoms with E-state index >= 15 is 4.39 Å². The Labute approximate surface area is 257 Å². The Morgan fingerprint density at radius 2 is 1.84 bits per heavy atom. The Bertz CT molecular complexity index is 1970. The average molecular weight is 639 g/mol. The van der Waals surface area contributed by atoms with E-state index in [4.69, 9.17) is 11.6 Å². The van der Waals surface area contributed by atoms with E-state index in [9.17, 15) is 18.4 Å². The molecule has 6 rings (SSSR count). The van der Waals surface area contributed by atoms with Gasteiger partial charge in [0.15, 0.2) is 12.0 Å². The van der Waals surface area contributed by atoms with E-state index < -0.39 is 23.7 Å². The number of pyridine rings is 2. The van der Waals surface area contributed by atoms with Gasteiger partial charge in [0, 0.05) is 42.7 Å². The van der Waals surface area contributed by atoms with Crippen molar-refractivity contribution < 1.29 is 22.3 Å². The molecule has 0 bridgehead atoms. The van der Waals surface area contributed by atoms with Crippen LogP contribution in [0.25, 0.3) is 27.9 Å². The molecule has 0 fully saturated rings. The lowest BCUT2D eigenvalue weighted by Crippen LogP contribution is -2.36. The van der Waals surface area contributed by atoms with E-state index in [1.54, 1.807) is 16.9 Å². The molecule has 0 unspecified atom stereocenters. The van der Waals surface area contributed by atoms with Crippen LogP contribution >= 0.6 is 11.6 Å². The molecule has 5 aromatic heterocycles. The fourth-order valence-corrected chi connectivity index (χ4v) is 5.06. The summed E-state index contributed by atoms with van der Waals surface area (Å²) in [6, 6.07) is 9.54. The fourth-order valence-electron chi connectivity index (χ4n) is 4.90. The lowest BCUT2D eigenvalue weighted by molar-refractivity contribution is -0.615.